The maximum Gasteiger partial charge on any atom is 0.315 e. The van der Waals surface area contributed by atoms with E-state index in [0.717, 1.165) is 16.5 Å². The number of nitrogens with zero attached hydrogens (tertiary/aromatic N) is 3. The van der Waals surface area contributed by atoms with E-state index in [1.165, 1.54) is 0 Å². The van der Waals surface area contributed by atoms with E-state index < -0.39 is 0 Å². The number of thioether (sulfide) groups is 1. The number of amides is 2. The molecular weight excluding hydrogens is 286 g/mol. The van der Waals surface area contributed by atoms with Gasteiger partial charge in [-0.1, -0.05) is 42.1 Å². The Balaban J connectivity index is 1.70. The molecule has 2 rings (SSSR count). The van der Waals surface area contributed by atoms with Gasteiger partial charge in [0.25, 0.3) is 0 Å². The molecule has 0 radical (unpaired) electrons. The lowest BCUT2D eigenvalue weighted by atomic mass is 10.2. The Hall–Kier alpha value is -2.02. The van der Waals surface area contributed by atoms with Crippen LogP contribution in [0.2, 0.25) is 0 Å². The molecule has 0 aliphatic rings. The fourth-order valence-electron chi connectivity index (χ4n) is 1.87. The number of carbonyl (C=O) groups is 1. The van der Waals surface area contributed by atoms with Crippen LogP contribution in [-0.4, -0.2) is 33.6 Å². The first-order valence-electron chi connectivity index (χ1n) is 6.68. The summed E-state index contributed by atoms with van der Waals surface area (Å²) < 4.78 is 1.94. The molecule has 2 amide bonds. The molecule has 2 aromatic rings. The summed E-state index contributed by atoms with van der Waals surface area (Å²) >= 11 is 1.55. The summed E-state index contributed by atoms with van der Waals surface area (Å²) in [4.78, 5) is 11.7. The molecule has 7 heteroatoms. The van der Waals surface area contributed by atoms with Gasteiger partial charge in [0, 0.05) is 26.6 Å². The monoisotopic (exact) mass is 305 g/mol. The van der Waals surface area contributed by atoms with E-state index in [1.807, 2.05) is 48.2 Å². The average Bonchev–Trinajstić information content (AvgIpc) is 2.87. The van der Waals surface area contributed by atoms with Crippen LogP contribution >= 0.6 is 11.8 Å². The Labute approximate surface area is 128 Å². The number of nitrogens with one attached hydrogen (secondary N) is 2. The van der Waals surface area contributed by atoms with E-state index in [4.69, 9.17) is 0 Å². The van der Waals surface area contributed by atoms with Crippen LogP contribution in [0.1, 0.15) is 11.4 Å². The van der Waals surface area contributed by atoms with E-state index >= 15 is 0 Å². The zero-order valence-electron chi connectivity index (χ0n) is 12.2. The standard InChI is InChI=1S/C14H19N5OS/c1-19-12(17-18-14(19)21-2)8-9-15-13(20)16-10-11-6-4-3-5-7-11/h3-7H,8-10H2,1-2H3,(H2,15,16,20). The lowest BCUT2D eigenvalue weighted by Crippen LogP contribution is -2.36. The summed E-state index contributed by atoms with van der Waals surface area (Å²) in [6.45, 7) is 1.05. The summed E-state index contributed by atoms with van der Waals surface area (Å²) in [5.41, 5.74) is 1.07. The minimum atomic E-state index is -0.175. The summed E-state index contributed by atoms with van der Waals surface area (Å²) in [6, 6.07) is 9.63. The lowest BCUT2D eigenvalue weighted by Gasteiger charge is -2.07. The number of rotatable bonds is 6. The quantitative estimate of drug-likeness (QED) is 0.795. The molecule has 1 aromatic carbocycles. The van der Waals surface area contributed by atoms with Crippen LogP contribution in [0.4, 0.5) is 4.79 Å². The molecule has 0 bridgehead atoms. The van der Waals surface area contributed by atoms with Crippen molar-refractivity contribution in [3.63, 3.8) is 0 Å². The van der Waals surface area contributed by atoms with Crippen molar-refractivity contribution in [2.45, 2.75) is 18.1 Å². The number of carbonyl (C=O) groups excluding carboxylic acids is 1. The second kappa shape index (κ2) is 7.68. The van der Waals surface area contributed by atoms with Crippen molar-refractivity contribution in [2.75, 3.05) is 12.8 Å². The third kappa shape index (κ3) is 4.49. The number of aromatic nitrogens is 3. The van der Waals surface area contributed by atoms with E-state index in [9.17, 15) is 4.79 Å². The highest BCUT2D eigenvalue weighted by Gasteiger charge is 2.07. The maximum atomic E-state index is 11.7. The highest BCUT2D eigenvalue weighted by atomic mass is 32.2. The number of hydrogen-bond donors (Lipinski definition) is 2. The maximum absolute atomic E-state index is 11.7. The normalized spacial score (nSPS) is 10.4. The Kier molecular flexibility index (Phi) is 5.62. The second-order valence-electron chi connectivity index (χ2n) is 4.51. The Morgan fingerprint density at radius 1 is 1.24 bits per heavy atom. The summed E-state index contributed by atoms with van der Waals surface area (Å²) in [5.74, 6) is 0.864. The van der Waals surface area contributed by atoms with Gasteiger partial charge in [0.15, 0.2) is 5.16 Å². The van der Waals surface area contributed by atoms with Gasteiger partial charge in [-0.2, -0.15) is 0 Å². The van der Waals surface area contributed by atoms with Crippen LogP contribution in [-0.2, 0) is 20.0 Å². The van der Waals surface area contributed by atoms with E-state index in [-0.39, 0.29) is 6.03 Å². The van der Waals surface area contributed by atoms with Crippen LogP contribution in [0.15, 0.2) is 35.5 Å². The molecule has 2 N–H and O–H groups in total. The number of benzene rings is 1. The topological polar surface area (TPSA) is 71.8 Å². The van der Waals surface area contributed by atoms with Crippen LogP contribution in [0.5, 0.6) is 0 Å². The van der Waals surface area contributed by atoms with Crippen molar-refractivity contribution in [1.29, 1.82) is 0 Å². The molecule has 1 aromatic heterocycles. The third-order valence-electron chi connectivity index (χ3n) is 3.04. The molecule has 0 atom stereocenters. The summed E-state index contributed by atoms with van der Waals surface area (Å²) in [7, 11) is 1.93. The van der Waals surface area contributed by atoms with Gasteiger partial charge in [0.2, 0.25) is 0 Å². The smallest absolute Gasteiger partial charge is 0.315 e. The van der Waals surface area contributed by atoms with Gasteiger partial charge in [-0.3, -0.25) is 0 Å². The van der Waals surface area contributed by atoms with Gasteiger partial charge < -0.3 is 15.2 Å². The highest BCUT2D eigenvalue weighted by Crippen LogP contribution is 2.11. The first-order valence-corrected chi connectivity index (χ1v) is 7.91. The molecule has 0 unspecified atom stereocenters. The molecule has 1 heterocycles. The summed E-state index contributed by atoms with van der Waals surface area (Å²) in [5, 5.41) is 14.7. The molecular formula is C14H19N5OS. The molecule has 21 heavy (non-hydrogen) atoms. The first-order chi connectivity index (χ1) is 10.2. The fourth-order valence-corrected chi connectivity index (χ4v) is 2.37. The largest absolute Gasteiger partial charge is 0.338 e. The van der Waals surface area contributed by atoms with Crippen molar-refractivity contribution in [2.24, 2.45) is 7.05 Å². The van der Waals surface area contributed by atoms with Crippen LogP contribution in [0.3, 0.4) is 0 Å². The Bertz CT molecular complexity index is 584. The van der Waals surface area contributed by atoms with Gasteiger partial charge in [-0.05, 0) is 11.8 Å². The minimum Gasteiger partial charge on any atom is -0.338 e. The van der Waals surface area contributed by atoms with Crippen LogP contribution < -0.4 is 10.6 Å². The van der Waals surface area contributed by atoms with E-state index in [1.54, 1.807) is 11.8 Å². The fraction of sp³-hybridized carbons (Fsp3) is 0.357. The minimum absolute atomic E-state index is 0.175. The van der Waals surface area contributed by atoms with Crippen molar-refractivity contribution in [3.05, 3.63) is 41.7 Å². The van der Waals surface area contributed by atoms with Gasteiger partial charge in [0.1, 0.15) is 5.82 Å². The first kappa shape index (κ1) is 15.4. The molecule has 0 saturated heterocycles. The molecule has 0 aliphatic carbocycles. The molecule has 0 spiro atoms. The molecule has 0 aliphatic heterocycles. The van der Waals surface area contributed by atoms with Crippen molar-refractivity contribution < 1.29 is 4.79 Å². The number of urea groups is 1. The Morgan fingerprint density at radius 3 is 2.67 bits per heavy atom. The predicted octanol–water partition coefficient (Wildman–Crippen LogP) is 1.58. The zero-order valence-corrected chi connectivity index (χ0v) is 13.0. The Morgan fingerprint density at radius 2 is 2.00 bits per heavy atom. The molecule has 6 nitrogen and oxygen atoms in total. The van der Waals surface area contributed by atoms with Crippen LogP contribution in [0.25, 0.3) is 0 Å². The van der Waals surface area contributed by atoms with Gasteiger partial charge >= 0.3 is 6.03 Å². The van der Waals surface area contributed by atoms with Crippen molar-refractivity contribution >= 4 is 17.8 Å². The summed E-state index contributed by atoms with van der Waals surface area (Å²) in [6.07, 6.45) is 2.62. The SMILES string of the molecule is CSc1nnc(CCNC(=O)NCc2ccccc2)n1C. The van der Waals surface area contributed by atoms with E-state index in [2.05, 4.69) is 20.8 Å². The second-order valence-corrected chi connectivity index (χ2v) is 5.28. The van der Waals surface area contributed by atoms with Crippen LogP contribution in [0, 0.1) is 0 Å². The molecule has 0 saturated carbocycles. The molecule has 0 fully saturated rings. The lowest BCUT2D eigenvalue weighted by molar-refractivity contribution is 0.240. The van der Waals surface area contributed by atoms with Gasteiger partial charge in [0.05, 0.1) is 0 Å². The highest BCUT2D eigenvalue weighted by molar-refractivity contribution is 7.98. The number of hydrogen-bond acceptors (Lipinski definition) is 4. The predicted molar refractivity (Wildman–Crippen MR) is 83.2 cm³/mol. The van der Waals surface area contributed by atoms with E-state index in [0.29, 0.717) is 19.5 Å². The van der Waals surface area contributed by atoms with Gasteiger partial charge in [-0.15, -0.1) is 10.2 Å². The molecule has 112 valence electrons. The van der Waals surface area contributed by atoms with Gasteiger partial charge in [-0.25, -0.2) is 4.79 Å². The third-order valence-corrected chi connectivity index (χ3v) is 3.76. The zero-order chi connectivity index (χ0) is 15.1. The van der Waals surface area contributed by atoms with Crippen molar-refractivity contribution in [1.82, 2.24) is 25.4 Å². The van der Waals surface area contributed by atoms with Crippen molar-refractivity contribution in [3.8, 4) is 0 Å². The average molecular weight is 305 g/mol.